The van der Waals surface area contributed by atoms with Gasteiger partial charge in [0.1, 0.15) is 10.7 Å². The van der Waals surface area contributed by atoms with Gasteiger partial charge >= 0.3 is 0 Å². The van der Waals surface area contributed by atoms with E-state index in [2.05, 4.69) is 4.99 Å². The van der Waals surface area contributed by atoms with Crippen molar-refractivity contribution in [3.05, 3.63) is 24.3 Å². The monoisotopic (exact) mass is 266 g/mol. The maximum absolute atomic E-state index is 11.1. The quantitative estimate of drug-likeness (QED) is 0.393. The topological polar surface area (TPSA) is 72.5 Å². The van der Waals surface area contributed by atoms with Crippen molar-refractivity contribution in [3.8, 4) is 0 Å². The summed E-state index contributed by atoms with van der Waals surface area (Å²) in [7, 11) is 1.40. The van der Waals surface area contributed by atoms with Crippen LogP contribution in [0.2, 0.25) is 0 Å². The smallest absolute Gasteiger partial charge is 0.263 e. The molecule has 0 aromatic heterocycles. The molecule has 2 N–H and O–H groups in total. The minimum Gasteiger partial charge on any atom is -0.386 e. The van der Waals surface area contributed by atoms with E-state index in [4.69, 9.17) is 28.0 Å². The standard InChI is InChI=1S/C8H8Cl2N2O2S/c9-5-8(11)12-6-3-1-2-4-7(6)15(10,13)14/h1-4H,5H2,(H2,11,12). The molecule has 0 aliphatic heterocycles. The van der Waals surface area contributed by atoms with Gasteiger partial charge in [-0.1, -0.05) is 12.1 Å². The number of benzene rings is 1. The predicted octanol–water partition coefficient (Wildman–Crippen LogP) is 1.84. The van der Waals surface area contributed by atoms with E-state index in [0.717, 1.165) is 0 Å². The SMILES string of the molecule is NC(CCl)=Nc1ccccc1S(=O)(=O)Cl. The fraction of sp³-hybridized carbons (Fsp3) is 0.125. The molecule has 0 radical (unpaired) electrons. The first-order valence-electron chi connectivity index (χ1n) is 3.88. The van der Waals surface area contributed by atoms with Crippen LogP contribution in [0.4, 0.5) is 5.69 Å². The van der Waals surface area contributed by atoms with Crippen molar-refractivity contribution in [3.63, 3.8) is 0 Å². The molecule has 0 heterocycles. The van der Waals surface area contributed by atoms with E-state index >= 15 is 0 Å². The van der Waals surface area contributed by atoms with E-state index < -0.39 is 9.05 Å². The molecule has 0 aliphatic carbocycles. The number of para-hydroxylation sites is 1. The predicted molar refractivity (Wildman–Crippen MR) is 61.5 cm³/mol. The van der Waals surface area contributed by atoms with Gasteiger partial charge in [-0.3, -0.25) is 0 Å². The number of nitrogens with two attached hydrogens (primary N) is 1. The van der Waals surface area contributed by atoms with Crippen molar-refractivity contribution in [2.75, 3.05) is 5.88 Å². The van der Waals surface area contributed by atoms with Crippen molar-refractivity contribution in [2.24, 2.45) is 10.7 Å². The van der Waals surface area contributed by atoms with E-state index in [1.54, 1.807) is 12.1 Å². The second kappa shape index (κ2) is 4.83. The van der Waals surface area contributed by atoms with Gasteiger partial charge in [0.2, 0.25) is 0 Å². The van der Waals surface area contributed by atoms with Crippen LogP contribution in [-0.2, 0) is 9.05 Å². The summed E-state index contributed by atoms with van der Waals surface area (Å²) in [6.45, 7) is 0. The number of halogens is 2. The number of rotatable bonds is 3. The van der Waals surface area contributed by atoms with Crippen molar-refractivity contribution < 1.29 is 8.42 Å². The van der Waals surface area contributed by atoms with Gasteiger partial charge in [0.25, 0.3) is 9.05 Å². The second-order valence-electron chi connectivity index (χ2n) is 2.64. The molecule has 15 heavy (non-hydrogen) atoms. The van der Waals surface area contributed by atoms with Gasteiger partial charge in [-0.05, 0) is 12.1 Å². The normalized spacial score (nSPS) is 12.8. The zero-order chi connectivity index (χ0) is 11.5. The molecule has 0 spiro atoms. The number of amidine groups is 1. The van der Waals surface area contributed by atoms with Crippen LogP contribution in [0.1, 0.15) is 0 Å². The summed E-state index contributed by atoms with van der Waals surface area (Å²) >= 11 is 5.43. The first-order valence-corrected chi connectivity index (χ1v) is 6.72. The second-order valence-corrected chi connectivity index (χ2v) is 5.44. The molecule has 0 bridgehead atoms. The van der Waals surface area contributed by atoms with Gasteiger partial charge in [0.05, 0.1) is 11.6 Å². The van der Waals surface area contributed by atoms with Crippen LogP contribution < -0.4 is 5.73 Å². The van der Waals surface area contributed by atoms with Crippen molar-refractivity contribution >= 4 is 42.9 Å². The highest BCUT2D eigenvalue weighted by Gasteiger charge is 2.14. The molecule has 0 saturated heterocycles. The summed E-state index contributed by atoms with van der Waals surface area (Å²) < 4.78 is 22.3. The molecule has 7 heteroatoms. The number of hydrogen-bond donors (Lipinski definition) is 1. The minimum absolute atomic E-state index is 0.0245. The fourth-order valence-corrected chi connectivity index (χ4v) is 2.00. The van der Waals surface area contributed by atoms with Crippen LogP contribution in [-0.4, -0.2) is 20.1 Å². The average molecular weight is 267 g/mol. The van der Waals surface area contributed by atoms with Crippen LogP contribution in [0.15, 0.2) is 34.2 Å². The molecule has 4 nitrogen and oxygen atoms in total. The Bertz CT molecular complexity index is 485. The Morgan fingerprint density at radius 2 is 2.00 bits per heavy atom. The van der Waals surface area contributed by atoms with E-state index in [0.29, 0.717) is 0 Å². The first-order chi connectivity index (χ1) is 6.95. The highest BCUT2D eigenvalue weighted by Crippen LogP contribution is 2.26. The third-order valence-electron chi connectivity index (χ3n) is 1.53. The van der Waals surface area contributed by atoms with Crippen LogP contribution in [0.25, 0.3) is 0 Å². The Kier molecular flexibility index (Phi) is 3.96. The van der Waals surface area contributed by atoms with E-state index in [9.17, 15) is 8.42 Å². The Morgan fingerprint density at radius 3 is 2.53 bits per heavy atom. The minimum atomic E-state index is -3.82. The van der Waals surface area contributed by atoms with Crippen molar-refractivity contribution in [1.82, 2.24) is 0 Å². The molecule has 0 fully saturated rings. The molecule has 0 atom stereocenters. The lowest BCUT2D eigenvalue weighted by molar-refractivity contribution is 0.610. The molecule has 1 rings (SSSR count). The average Bonchev–Trinajstić information content (AvgIpc) is 2.17. The number of alkyl halides is 1. The Balaban J connectivity index is 3.31. The van der Waals surface area contributed by atoms with Gasteiger partial charge in [0, 0.05) is 10.7 Å². The van der Waals surface area contributed by atoms with Gasteiger partial charge in [-0.2, -0.15) is 0 Å². The van der Waals surface area contributed by atoms with Crippen LogP contribution in [0.3, 0.4) is 0 Å². The number of nitrogens with zero attached hydrogens (tertiary/aromatic N) is 1. The van der Waals surface area contributed by atoms with Crippen molar-refractivity contribution in [1.29, 1.82) is 0 Å². The van der Waals surface area contributed by atoms with Crippen LogP contribution >= 0.6 is 22.3 Å². The third kappa shape index (κ3) is 3.37. The first kappa shape index (κ1) is 12.3. The maximum Gasteiger partial charge on any atom is 0.263 e. The largest absolute Gasteiger partial charge is 0.386 e. The van der Waals surface area contributed by atoms with Crippen LogP contribution in [0.5, 0.6) is 0 Å². The Morgan fingerprint density at radius 1 is 1.40 bits per heavy atom. The fourth-order valence-electron chi connectivity index (χ4n) is 0.940. The molecule has 0 unspecified atom stereocenters. The molecule has 82 valence electrons. The zero-order valence-corrected chi connectivity index (χ0v) is 9.85. The van der Waals surface area contributed by atoms with E-state index in [1.807, 2.05) is 0 Å². The van der Waals surface area contributed by atoms with Gasteiger partial charge < -0.3 is 5.73 Å². The lowest BCUT2D eigenvalue weighted by atomic mass is 10.3. The molecule has 0 saturated carbocycles. The summed E-state index contributed by atoms with van der Waals surface area (Å²) in [5.74, 6) is 0.154. The summed E-state index contributed by atoms with van der Waals surface area (Å²) in [5.41, 5.74) is 5.58. The Hall–Kier alpha value is -0.780. The molecular formula is C8H8Cl2N2O2S. The zero-order valence-electron chi connectivity index (χ0n) is 7.52. The van der Waals surface area contributed by atoms with E-state index in [-0.39, 0.29) is 22.3 Å². The summed E-state index contributed by atoms with van der Waals surface area (Å²) in [6, 6.07) is 6.02. The molecule has 0 amide bonds. The van der Waals surface area contributed by atoms with Gasteiger partial charge in [0.15, 0.2) is 0 Å². The molecule has 1 aromatic rings. The number of hydrogen-bond acceptors (Lipinski definition) is 3. The van der Waals surface area contributed by atoms with Crippen molar-refractivity contribution in [2.45, 2.75) is 4.90 Å². The summed E-state index contributed by atoms with van der Waals surface area (Å²) in [6.07, 6.45) is 0. The molecule has 1 aromatic carbocycles. The highest BCUT2D eigenvalue weighted by atomic mass is 35.7. The third-order valence-corrected chi connectivity index (χ3v) is 3.17. The summed E-state index contributed by atoms with van der Waals surface area (Å²) in [5, 5.41) is 0. The lowest BCUT2D eigenvalue weighted by Gasteiger charge is -2.01. The summed E-state index contributed by atoms with van der Waals surface area (Å²) in [4.78, 5) is 3.76. The van der Waals surface area contributed by atoms with Gasteiger partial charge in [-0.25, -0.2) is 13.4 Å². The lowest BCUT2D eigenvalue weighted by Crippen LogP contribution is -2.12. The van der Waals surface area contributed by atoms with Gasteiger partial charge in [-0.15, -0.1) is 11.6 Å². The maximum atomic E-state index is 11.1. The molecular weight excluding hydrogens is 259 g/mol. The van der Waals surface area contributed by atoms with Crippen LogP contribution in [0, 0.1) is 0 Å². The van der Waals surface area contributed by atoms with E-state index in [1.165, 1.54) is 12.1 Å². The molecule has 0 aliphatic rings. The number of aliphatic imine (C=N–C) groups is 1. The Labute approximate surface area is 97.1 Å². The highest BCUT2D eigenvalue weighted by molar-refractivity contribution is 8.13.